The number of benzene rings is 1. The Kier molecular flexibility index (Phi) is 2.08. The molecule has 2 aromatic rings. The van der Waals surface area contributed by atoms with Crippen molar-refractivity contribution in [3.63, 3.8) is 0 Å². The van der Waals surface area contributed by atoms with E-state index >= 15 is 0 Å². The van der Waals surface area contributed by atoms with Gasteiger partial charge in [0, 0.05) is 27.8 Å². The number of hydrogen-bond donors (Lipinski definition) is 1. The predicted octanol–water partition coefficient (Wildman–Crippen LogP) is 3.85. The highest BCUT2D eigenvalue weighted by molar-refractivity contribution is 6.31. The van der Waals surface area contributed by atoms with Crippen LogP contribution in [0, 0.1) is 0 Å². The second-order valence-electron chi connectivity index (χ2n) is 4.71. The molecule has 2 nitrogen and oxygen atoms in total. The number of nitrogens with one attached hydrogen (secondary N) is 1. The number of fused-ring (bicyclic) bond motifs is 1. The first-order chi connectivity index (χ1) is 7.66. The molecule has 1 aliphatic rings. The maximum atomic E-state index is 5.96. The number of anilines is 1. The van der Waals surface area contributed by atoms with E-state index in [1.165, 1.54) is 12.8 Å². The van der Waals surface area contributed by atoms with E-state index in [-0.39, 0.29) is 5.54 Å². The summed E-state index contributed by atoms with van der Waals surface area (Å²) in [5.41, 5.74) is 2.39. The fourth-order valence-electron chi connectivity index (χ4n) is 1.87. The molecule has 0 radical (unpaired) electrons. The molecule has 82 valence electrons. The topological polar surface area (TPSA) is 24.9 Å². The summed E-state index contributed by atoms with van der Waals surface area (Å²) in [6, 6.07) is 7.86. The fourth-order valence-corrected chi connectivity index (χ4v) is 2.03. The zero-order valence-electron chi connectivity index (χ0n) is 9.13. The second-order valence-corrected chi connectivity index (χ2v) is 5.14. The largest absolute Gasteiger partial charge is 0.379 e. The highest BCUT2D eigenvalue weighted by atomic mass is 35.5. The maximum Gasteiger partial charge on any atom is 0.0737 e. The first kappa shape index (κ1) is 9.91. The molecule has 0 spiro atoms. The number of nitrogens with zero attached hydrogens (tertiary/aromatic N) is 1. The SMILES string of the molecule is CC1(Nc2ccnc3cc(Cl)ccc23)CC1. The van der Waals surface area contributed by atoms with Gasteiger partial charge < -0.3 is 5.32 Å². The Morgan fingerprint density at radius 2 is 2.12 bits per heavy atom. The number of pyridine rings is 1. The van der Waals surface area contributed by atoms with E-state index in [0.29, 0.717) is 0 Å². The minimum absolute atomic E-state index is 0.286. The minimum Gasteiger partial charge on any atom is -0.379 e. The first-order valence-corrected chi connectivity index (χ1v) is 5.87. The normalized spacial score (nSPS) is 17.4. The van der Waals surface area contributed by atoms with Crippen LogP contribution in [-0.2, 0) is 0 Å². The Morgan fingerprint density at radius 1 is 1.31 bits per heavy atom. The third-order valence-corrected chi connectivity index (χ3v) is 3.38. The van der Waals surface area contributed by atoms with E-state index in [2.05, 4.69) is 17.2 Å². The number of hydrogen-bond acceptors (Lipinski definition) is 2. The summed E-state index contributed by atoms with van der Waals surface area (Å²) in [4.78, 5) is 4.33. The summed E-state index contributed by atoms with van der Waals surface area (Å²) in [7, 11) is 0. The van der Waals surface area contributed by atoms with Crippen LogP contribution in [0.3, 0.4) is 0 Å². The number of rotatable bonds is 2. The number of aromatic nitrogens is 1. The highest BCUT2D eigenvalue weighted by Gasteiger charge is 2.37. The van der Waals surface area contributed by atoms with Gasteiger partial charge in [0.2, 0.25) is 0 Å². The molecular formula is C13H13ClN2. The van der Waals surface area contributed by atoms with Gasteiger partial charge >= 0.3 is 0 Å². The monoisotopic (exact) mass is 232 g/mol. The smallest absolute Gasteiger partial charge is 0.0737 e. The average molecular weight is 233 g/mol. The summed E-state index contributed by atoms with van der Waals surface area (Å²) in [6.45, 7) is 2.25. The Labute approximate surface area is 99.6 Å². The molecule has 0 bridgehead atoms. The summed E-state index contributed by atoms with van der Waals surface area (Å²) >= 11 is 5.96. The van der Waals surface area contributed by atoms with Crippen LogP contribution in [0.25, 0.3) is 10.9 Å². The van der Waals surface area contributed by atoms with Crippen molar-refractivity contribution < 1.29 is 0 Å². The molecule has 1 aromatic heterocycles. The molecular weight excluding hydrogens is 220 g/mol. The van der Waals surface area contributed by atoms with E-state index in [9.17, 15) is 0 Å². The Hall–Kier alpha value is -1.28. The van der Waals surface area contributed by atoms with Crippen LogP contribution in [0.1, 0.15) is 19.8 Å². The Balaban J connectivity index is 2.10. The van der Waals surface area contributed by atoms with Crippen molar-refractivity contribution in [1.29, 1.82) is 0 Å². The zero-order chi connectivity index (χ0) is 11.2. The van der Waals surface area contributed by atoms with E-state index < -0.39 is 0 Å². The van der Waals surface area contributed by atoms with Gasteiger partial charge in [0.1, 0.15) is 0 Å². The van der Waals surface area contributed by atoms with E-state index in [1.807, 2.05) is 30.5 Å². The van der Waals surface area contributed by atoms with Crippen molar-refractivity contribution in [3.05, 3.63) is 35.5 Å². The first-order valence-electron chi connectivity index (χ1n) is 5.49. The van der Waals surface area contributed by atoms with Gasteiger partial charge in [0.05, 0.1) is 5.52 Å². The third-order valence-electron chi connectivity index (χ3n) is 3.14. The molecule has 0 aliphatic heterocycles. The Morgan fingerprint density at radius 3 is 2.88 bits per heavy atom. The molecule has 1 aliphatic carbocycles. The van der Waals surface area contributed by atoms with Gasteiger partial charge in [-0.15, -0.1) is 0 Å². The molecule has 1 aromatic carbocycles. The highest BCUT2D eigenvalue weighted by Crippen LogP contribution is 2.39. The predicted molar refractivity (Wildman–Crippen MR) is 68.0 cm³/mol. The third kappa shape index (κ3) is 1.74. The molecule has 0 amide bonds. The van der Waals surface area contributed by atoms with Gasteiger partial charge in [0.15, 0.2) is 0 Å². The number of halogens is 1. The van der Waals surface area contributed by atoms with Crippen molar-refractivity contribution in [2.45, 2.75) is 25.3 Å². The van der Waals surface area contributed by atoms with Gasteiger partial charge in [-0.3, -0.25) is 4.98 Å². The van der Waals surface area contributed by atoms with Crippen molar-refractivity contribution in [1.82, 2.24) is 4.98 Å². The molecule has 0 saturated heterocycles. The van der Waals surface area contributed by atoms with Crippen molar-refractivity contribution in [2.75, 3.05) is 5.32 Å². The van der Waals surface area contributed by atoms with Crippen LogP contribution < -0.4 is 5.32 Å². The van der Waals surface area contributed by atoms with Crippen LogP contribution in [0.5, 0.6) is 0 Å². The van der Waals surface area contributed by atoms with Gasteiger partial charge in [-0.2, -0.15) is 0 Å². The summed E-state index contributed by atoms with van der Waals surface area (Å²) in [6.07, 6.45) is 4.31. The quantitative estimate of drug-likeness (QED) is 0.851. The molecule has 0 unspecified atom stereocenters. The summed E-state index contributed by atoms with van der Waals surface area (Å²) in [5.74, 6) is 0. The van der Waals surface area contributed by atoms with E-state index in [1.54, 1.807) is 0 Å². The summed E-state index contributed by atoms with van der Waals surface area (Å²) in [5, 5.41) is 5.44. The molecule has 3 rings (SSSR count). The molecule has 16 heavy (non-hydrogen) atoms. The Bertz CT molecular complexity index is 547. The molecule has 1 heterocycles. The van der Waals surface area contributed by atoms with Crippen LogP contribution in [0.4, 0.5) is 5.69 Å². The second kappa shape index (κ2) is 3.36. The lowest BCUT2D eigenvalue weighted by Crippen LogP contribution is -2.16. The van der Waals surface area contributed by atoms with E-state index in [4.69, 9.17) is 11.6 Å². The van der Waals surface area contributed by atoms with Crippen LogP contribution in [0.15, 0.2) is 30.5 Å². The maximum absolute atomic E-state index is 5.96. The van der Waals surface area contributed by atoms with Crippen LogP contribution in [-0.4, -0.2) is 10.5 Å². The van der Waals surface area contributed by atoms with Crippen molar-refractivity contribution in [3.8, 4) is 0 Å². The standard InChI is InChI=1S/C13H13ClN2/c1-13(5-6-13)16-11-4-7-15-12-8-9(14)2-3-10(11)12/h2-4,7-8H,5-6H2,1H3,(H,15,16). The van der Waals surface area contributed by atoms with Gasteiger partial charge in [-0.1, -0.05) is 11.6 Å². The van der Waals surface area contributed by atoms with Gasteiger partial charge in [-0.25, -0.2) is 0 Å². The molecule has 3 heteroatoms. The summed E-state index contributed by atoms with van der Waals surface area (Å²) < 4.78 is 0. The van der Waals surface area contributed by atoms with Crippen LogP contribution in [0.2, 0.25) is 5.02 Å². The zero-order valence-corrected chi connectivity index (χ0v) is 9.88. The molecule has 0 atom stereocenters. The van der Waals surface area contributed by atoms with Gasteiger partial charge in [0.25, 0.3) is 0 Å². The van der Waals surface area contributed by atoms with E-state index in [0.717, 1.165) is 21.6 Å². The van der Waals surface area contributed by atoms with Crippen molar-refractivity contribution >= 4 is 28.2 Å². The van der Waals surface area contributed by atoms with Crippen LogP contribution >= 0.6 is 11.6 Å². The average Bonchev–Trinajstić information content (AvgIpc) is 2.96. The fraction of sp³-hybridized carbons (Fsp3) is 0.308. The minimum atomic E-state index is 0.286. The van der Waals surface area contributed by atoms with Crippen molar-refractivity contribution in [2.24, 2.45) is 0 Å². The lowest BCUT2D eigenvalue weighted by molar-refractivity contribution is 0.831. The molecule has 1 fully saturated rings. The van der Waals surface area contributed by atoms with Gasteiger partial charge in [-0.05, 0) is 44.0 Å². The lowest BCUT2D eigenvalue weighted by atomic mass is 10.1. The molecule has 1 N–H and O–H groups in total. The molecule has 1 saturated carbocycles. The lowest BCUT2D eigenvalue weighted by Gasteiger charge is -2.15.